The summed E-state index contributed by atoms with van der Waals surface area (Å²) in [6, 6.07) is 16.7. The van der Waals surface area contributed by atoms with Crippen LogP contribution in [0.4, 0.5) is 5.69 Å². The quantitative estimate of drug-likeness (QED) is 0.656. The molecule has 0 aliphatic rings. The van der Waals surface area contributed by atoms with E-state index in [-0.39, 0.29) is 5.69 Å². The Balaban J connectivity index is 2.31. The molecule has 0 heterocycles. The van der Waals surface area contributed by atoms with Crippen LogP contribution >= 0.6 is 7.75 Å². The molecule has 0 amide bonds. The molecule has 0 saturated carbocycles. The normalized spacial score (nSPS) is 11.0. The van der Waals surface area contributed by atoms with Crippen LogP contribution in [0.2, 0.25) is 0 Å². The van der Waals surface area contributed by atoms with Crippen molar-refractivity contribution in [2.75, 3.05) is 4.83 Å². The molecule has 0 aliphatic heterocycles. The minimum absolute atomic E-state index is 0.287. The predicted molar refractivity (Wildman–Crippen MR) is 68.0 cm³/mol. The maximum atomic E-state index is 11.4. The summed E-state index contributed by atoms with van der Waals surface area (Å²) < 4.78 is 11.4. The van der Waals surface area contributed by atoms with Gasteiger partial charge in [0.15, 0.2) is 5.75 Å². The van der Waals surface area contributed by atoms with Gasteiger partial charge in [0.1, 0.15) is 0 Å². The highest BCUT2D eigenvalue weighted by atomic mass is 31.2. The zero-order chi connectivity index (χ0) is 13.0. The third kappa shape index (κ3) is 3.11. The lowest BCUT2D eigenvalue weighted by Gasteiger charge is -2.24. The number of hydrogen-bond acceptors (Lipinski definition) is 2. The van der Waals surface area contributed by atoms with E-state index in [1.807, 2.05) is 0 Å². The fourth-order valence-electron chi connectivity index (χ4n) is 1.39. The molecule has 94 valence electrons. The van der Waals surface area contributed by atoms with Gasteiger partial charge in [-0.05, 0) is 24.3 Å². The summed E-state index contributed by atoms with van der Waals surface area (Å²) in [5, 5.41) is 0. The zero-order valence-corrected chi connectivity index (χ0v) is 10.3. The first kappa shape index (κ1) is 12.6. The molecule has 0 atom stereocenters. The lowest BCUT2D eigenvalue weighted by molar-refractivity contribution is 0.272. The average Bonchev–Trinajstić information content (AvgIpc) is 2.37. The maximum Gasteiger partial charge on any atom is 0.462 e. The molecule has 0 fully saturated rings. The van der Waals surface area contributed by atoms with E-state index in [1.165, 1.54) is 0 Å². The van der Waals surface area contributed by atoms with Crippen LogP contribution in [0.5, 0.6) is 5.75 Å². The zero-order valence-electron chi connectivity index (χ0n) is 9.38. The smallest absolute Gasteiger partial charge is 0.370 e. The van der Waals surface area contributed by atoms with Gasteiger partial charge in [-0.15, -0.1) is 4.83 Å². The Hall–Kier alpha value is -1.81. The van der Waals surface area contributed by atoms with Crippen molar-refractivity contribution in [3.05, 3.63) is 60.7 Å². The summed E-state index contributed by atoms with van der Waals surface area (Å²) in [5.41, 5.74) is 0.287. The number of para-hydroxylation sites is 2. The SMILES string of the molecule is O=P(O)(O)N(Oc1ccccc1)c1ccccc1. The van der Waals surface area contributed by atoms with E-state index in [2.05, 4.69) is 0 Å². The molecule has 0 unspecified atom stereocenters. The first-order chi connectivity index (χ1) is 8.57. The van der Waals surface area contributed by atoms with Gasteiger partial charge in [-0.3, -0.25) is 0 Å². The number of anilines is 1. The minimum atomic E-state index is -4.55. The molecule has 0 aromatic heterocycles. The molecule has 0 saturated heterocycles. The number of hydrogen-bond donors (Lipinski definition) is 2. The van der Waals surface area contributed by atoms with E-state index in [0.29, 0.717) is 10.6 Å². The van der Waals surface area contributed by atoms with Crippen molar-refractivity contribution in [3.63, 3.8) is 0 Å². The number of nitrogens with zero attached hydrogens (tertiary/aromatic N) is 1. The first-order valence-corrected chi connectivity index (χ1v) is 6.78. The molecule has 0 bridgehead atoms. The van der Waals surface area contributed by atoms with Crippen LogP contribution in [0.15, 0.2) is 60.7 Å². The van der Waals surface area contributed by atoms with Crippen LogP contribution in [-0.2, 0) is 4.57 Å². The molecule has 2 rings (SSSR count). The highest BCUT2D eigenvalue weighted by Crippen LogP contribution is 2.44. The highest BCUT2D eigenvalue weighted by Gasteiger charge is 2.28. The Kier molecular flexibility index (Phi) is 3.67. The largest absolute Gasteiger partial charge is 0.462 e. The third-order valence-corrected chi connectivity index (χ3v) is 2.93. The summed E-state index contributed by atoms with van der Waals surface area (Å²) in [6.07, 6.45) is 0. The summed E-state index contributed by atoms with van der Waals surface area (Å²) >= 11 is 0. The van der Waals surface area contributed by atoms with E-state index >= 15 is 0 Å². The summed E-state index contributed by atoms with van der Waals surface area (Å²) in [5.74, 6) is 0.352. The van der Waals surface area contributed by atoms with Crippen LogP contribution < -0.4 is 9.67 Å². The van der Waals surface area contributed by atoms with Crippen molar-refractivity contribution in [2.45, 2.75) is 0 Å². The Morgan fingerprint density at radius 2 is 1.39 bits per heavy atom. The van der Waals surface area contributed by atoms with Gasteiger partial charge in [-0.1, -0.05) is 36.4 Å². The molecule has 0 radical (unpaired) electrons. The van der Waals surface area contributed by atoms with Crippen molar-refractivity contribution in [3.8, 4) is 5.75 Å². The van der Waals surface area contributed by atoms with Gasteiger partial charge < -0.3 is 14.6 Å². The topological polar surface area (TPSA) is 70.0 Å². The van der Waals surface area contributed by atoms with Crippen LogP contribution in [0.25, 0.3) is 0 Å². The standard InChI is InChI=1S/C12H12NO4P/c14-18(15,16)13(11-7-3-1-4-8-11)17-12-9-5-2-6-10-12/h1-10H,(H2,14,15,16). The molecular weight excluding hydrogens is 253 g/mol. The van der Waals surface area contributed by atoms with Crippen molar-refractivity contribution in [1.29, 1.82) is 0 Å². The lowest BCUT2D eigenvalue weighted by Crippen LogP contribution is -2.23. The van der Waals surface area contributed by atoms with E-state index < -0.39 is 7.75 Å². The van der Waals surface area contributed by atoms with Gasteiger partial charge in [0.2, 0.25) is 0 Å². The van der Waals surface area contributed by atoms with Gasteiger partial charge in [-0.2, -0.15) is 0 Å². The molecular formula is C12H12NO4P. The molecule has 5 nitrogen and oxygen atoms in total. The lowest BCUT2D eigenvalue weighted by atomic mass is 10.3. The van der Waals surface area contributed by atoms with E-state index in [0.717, 1.165) is 0 Å². The van der Waals surface area contributed by atoms with Gasteiger partial charge in [0.05, 0.1) is 5.69 Å². The fourth-order valence-corrected chi connectivity index (χ4v) is 2.03. The van der Waals surface area contributed by atoms with Crippen LogP contribution in [-0.4, -0.2) is 9.79 Å². The van der Waals surface area contributed by atoms with E-state index in [1.54, 1.807) is 60.7 Å². The maximum absolute atomic E-state index is 11.4. The van der Waals surface area contributed by atoms with Crippen LogP contribution in [0, 0.1) is 0 Å². The summed E-state index contributed by atoms with van der Waals surface area (Å²) in [7, 11) is -4.55. The Labute approximate surface area is 104 Å². The highest BCUT2D eigenvalue weighted by molar-refractivity contribution is 7.53. The molecule has 0 aliphatic carbocycles. The minimum Gasteiger partial charge on any atom is -0.370 e. The first-order valence-electron chi connectivity index (χ1n) is 5.21. The molecule has 2 aromatic carbocycles. The molecule has 2 N–H and O–H groups in total. The summed E-state index contributed by atoms with van der Waals surface area (Å²) in [4.78, 5) is 24.4. The predicted octanol–water partition coefficient (Wildman–Crippen LogP) is 2.58. The molecule has 18 heavy (non-hydrogen) atoms. The van der Waals surface area contributed by atoms with Gasteiger partial charge in [0.25, 0.3) is 0 Å². The molecule has 0 spiro atoms. The number of rotatable bonds is 4. The van der Waals surface area contributed by atoms with Gasteiger partial charge >= 0.3 is 7.75 Å². The van der Waals surface area contributed by atoms with Crippen molar-refractivity contribution in [1.82, 2.24) is 0 Å². The van der Waals surface area contributed by atoms with Crippen molar-refractivity contribution < 1.29 is 19.2 Å². The number of benzene rings is 2. The van der Waals surface area contributed by atoms with E-state index in [4.69, 9.17) is 4.84 Å². The van der Waals surface area contributed by atoms with Crippen molar-refractivity contribution >= 4 is 13.4 Å². The van der Waals surface area contributed by atoms with E-state index in [9.17, 15) is 14.4 Å². The summed E-state index contributed by atoms with van der Waals surface area (Å²) in [6.45, 7) is 0. The van der Waals surface area contributed by atoms with Gasteiger partial charge in [-0.25, -0.2) is 4.57 Å². The average molecular weight is 265 g/mol. The van der Waals surface area contributed by atoms with Crippen LogP contribution in [0.3, 0.4) is 0 Å². The molecule has 2 aromatic rings. The second-order valence-electron chi connectivity index (χ2n) is 3.53. The second kappa shape index (κ2) is 5.23. The third-order valence-electron chi connectivity index (χ3n) is 2.15. The monoisotopic (exact) mass is 265 g/mol. The van der Waals surface area contributed by atoms with Crippen LogP contribution in [0.1, 0.15) is 0 Å². The van der Waals surface area contributed by atoms with Crippen molar-refractivity contribution in [2.24, 2.45) is 0 Å². The Bertz CT molecular complexity index is 541. The Morgan fingerprint density at radius 1 is 0.889 bits per heavy atom. The fraction of sp³-hybridized carbons (Fsp3) is 0. The van der Waals surface area contributed by atoms with Gasteiger partial charge in [0, 0.05) is 0 Å². The Morgan fingerprint density at radius 3 is 1.89 bits per heavy atom. The molecule has 6 heteroatoms. The second-order valence-corrected chi connectivity index (χ2v) is 4.92.